The predicted molar refractivity (Wildman–Crippen MR) is 95.1 cm³/mol. The van der Waals surface area contributed by atoms with E-state index in [4.69, 9.17) is 9.47 Å². The van der Waals surface area contributed by atoms with E-state index in [1.54, 1.807) is 29.6 Å². The lowest BCUT2D eigenvalue weighted by Gasteiger charge is -2.07. The monoisotopic (exact) mass is 395 g/mol. The first kappa shape index (κ1) is 18.6. The van der Waals surface area contributed by atoms with E-state index in [9.17, 15) is 18.0 Å². The molecule has 0 bridgehead atoms. The summed E-state index contributed by atoms with van der Waals surface area (Å²) in [5.41, 5.74) is 1.42. The fourth-order valence-electron chi connectivity index (χ4n) is 2.44. The number of Topliss-reactive ketones (excluding diaryl/α,β-unsaturated/α-hetero) is 1. The summed E-state index contributed by atoms with van der Waals surface area (Å²) in [7, 11) is -3.61. The van der Waals surface area contributed by atoms with Crippen LogP contribution in [0.5, 0.6) is 5.75 Å². The first-order valence-electron chi connectivity index (χ1n) is 7.93. The number of fused-ring (bicyclic) bond motifs is 1. The number of benzene rings is 1. The van der Waals surface area contributed by atoms with E-state index in [1.807, 2.05) is 0 Å². The molecule has 1 N–H and O–H groups in total. The number of esters is 1. The number of hydrogen-bond donors (Lipinski definition) is 1. The van der Waals surface area contributed by atoms with Crippen molar-refractivity contribution < 1.29 is 27.5 Å². The molecule has 1 aromatic heterocycles. The Labute approximate surface area is 155 Å². The van der Waals surface area contributed by atoms with E-state index < -0.39 is 16.0 Å². The molecular weight excluding hydrogens is 378 g/mol. The van der Waals surface area contributed by atoms with Gasteiger partial charge in [0.2, 0.25) is 10.0 Å². The number of hydrogen-bond acceptors (Lipinski definition) is 7. The molecule has 0 radical (unpaired) electrons. The number of thiophene rings is 1. The lowest BCUT2D eigenvalue weighted by molar-refractivity contribution is -0.142. The Hall–Kier alpha value is -2.23. The van der Waals surface area contributed by atoms with Crippen LogP contribution in [-0.4, -0.2) is 39.9 Å². The van der Waals surface area contributed by atoms with Gasteiger partial charge in [-0.2, -0.15) is 0 Å². The van der Waals surface area contributed by atoms with Gasteiger partial charge in [-0.3, -0.25) is 9.59 Å². The van der Waals surface area contributed by atoms with Crippen molar-refractivity contribution in [2.75, 3.05) is 19.8 Å². The summed E-state index contributed by atoms with van der Waals surface area (Å²) in [6, 6.07) is 8.22. The molecule has 0 amide bonds. The summed E-state index contributed by atoms with van der Waals surface area (Å²) in [5.74, 6) is -0.180. The van der Waals surface area contributed by atoms with Crippen molar-refractivity contribution in [3.05, 3.63) is 46.8 Å². The van der Waals surface area contributed by atoms with Crippen LogP contribution in [0.25, 0.3) is 0 Å². The molecule has 0 aliphatic carbocycles. The predicted octanol–water partition coefficient (Wildman–Crippen LogP) is 1.78. The largest absolute Gasteiger partial charge is 0.493 e. The highest BCUT2D eigenvalue weighted by Gasteiger charge is 2.17. The van der Waals surface area contributed by atoms with Gasteiger partial charge in [-0.25, -0.2) is 13.1 Å². The van der Waals surface area contributed by atoms with Gasteiger partial charge in [0.05, 0.1) is 13.0 Å². The molecule has 0 atom stereocenters. The summed E-state index contributed by atoms with van der Waals surface area (Å²) >= 11 is 1.09. The minimum atomic E-state index is -3.61. The number of ketones is 1. The summed E-state index contributed by atoms with van der Waals surface area (Å²) < 4.78 is 36.6. The normalized spacial score (nSPS) is 13.1. The molecular formula is C17H17NO6S2. The van der Waals surface area contributed by atoms with Gasteiger partial charge < -0.3 is 9.47 Å². The summed E-state index contributed by atoms with van der Waals surface area (Å²) in [6.07, 6.45) is 0.594. The smallest absolute Gasteiger partial charge is 0.307 e. The summed E-state index contributed by atoms with van der Waals surface area (Å²) in [4.78, 5) is 23.8. The van der Waals surface area contributed by atoms with Crippen LogP contribution < -0.4 is 9.46 Å². The van der Waals surface area contributed by atoms with Crippen molar-refractivity contribution in [1.29, 1.82) is 0 Å². The van der Waals surface area contributed by atoms with Crippen molar-refractivity contribution in [3.63, 3.8) is 0 Å². The third kappa shape index (κ3) is 4.48. The van der Waals surface area contributed by atoms with Gasteiger partial charge in [-0.15, -0.1) is 11.3 Å². The number of nitrogens with one attached hydrogen (secondary N) is 1. The van der Waals surface area contributed by atoms with E-state index in [2.05, 4.69) is 4.72 Å². The zero-order valence-electron chi connectivity index (χ0n) is 13.8. The Balaban J connectivity index is 1.43. The Morgan fingerprint density at radius 2 is 2.12 bits per heavy atom. The van der Waals surface area contributed by atoms with E-state index in [0.29, 0.717) is 12.2 Å². The second-order valence-corrected chi connectivity index (χ2v) is 8.53. The van der Waals surface area contributed by atoms with Crippen LogP contribution in [0.4, 0.5) is 0 Å². The van der Waals surface area contributed by atoms with Crippen molar-refractivity contribution >= 4 is 33.1 Å². The minimum absolute atomic E-state index is 0.0938. The fraction of sp³-hybridized carbons (Fsp3) is 0.294. The van der Waals surface area contributed by atoms with Crippen LogP contribution >= 0.6 is 11.3 Å². The van der Waals surface area contributed by atoms with Crippen molar-refractivity contribution in [2.45, 2.75) is 17.1 Å². The molecule has 2 aromatic rings. The van der Waals surface area contributed by atoms with E-state index in [0.717, 1.165) is 29.1 Å². The van der Waals surface area contributed by atoms with Crippen LogP contribution in [0.15, 0.2) is 39.9 Å². The molecule has 138 valence electrons. The highest BCUT2D eigenvalue weighted by Crippen LogP contribution is 2.26. The quantitative estimate of drug-likeness (QED) is 0.540. The van der Waals surface area contributed by atoms with Gasteiger partial charge >= 0.3 is 5.97 Å². The zero-order chi connectivity index (χ0) is 18.6. The maximum atomic E-state index is 12.1. The standard InChI is InChI=1S/C17H17NO6S2/c19-14(12-3-4-15-13(10-12)6-8-23-15)11-24-16(20)5-7-18-26(21,22)17-2-1-9-25-17/h1-4,9-10,18H,5-8,11H2. The van der Waals surface area contributed by atoms with Gasteiger partial charge in [0.1, 0.15) is 9.96 Å². The molecule has 0 fully saturated rings. The Bertz CT molecular complexity index is 905. The summed E-state index contributed by atoms with van der Waals surface area (Å²) in [6.45, 7) is 0.128. The van der Waals surface area contributed by atoms with E-state index in [-0.39, 0.29) is 29.6 Å². The van der Waals surface area contributed by atoms with Crippen molar-refractivity contribution in [1.82, 2.24) is 4.72 Å². The highest BCUT2D eigenvalue weighted by atomic mass is 32.2. The van der Waals surface area contributed by atoms with Crippen LogP contribution in [-0.2, 0) is 26.0 Å². The number of sulfonamides is 1. The number of ether oxygens (including phenoxy) is 2. The Morgan fingerprint density at radius 3 is 2.88 bits per heavy atom. The van der Waals surface area contributed by atoms with Crippen LogP contribution in [0, 0.1) is 0 Å². The lowest BCUT2D eigenvalue weighted by atomic mass is 10.1. The number of rotatable bonds is 8. The van der Waals surface area contributed by atoms with Crippen molar-refractivity contribution in [2.24, 2.45) is 0 Å². The van der Waals surface area contributed by atoms with Gasteiger partial charge in [-0.05, 0) is 35.2 Å². The molecule has 0 unspecified atom stereocenters. The Morgan fingerprint density at radius 1 is 1.27 bits per heavy atom. The Kier molecular flexibility index (Phi) is 5.70. The minimum Gasteiger partial charge on any atom is -0.493 e. The van der Waals surface area contributed by atoms with Crippen LogP contribution in [0.1, 0.15) is 22.3 Å². The highest BCUT2D eigenvalue weighted by molar-refractivity contribution is 7.91. The van der Waals surface area contributed by atoms with E-state index >= 15 is 0 Å². The molecule has 1 aromatic carbocycles. The van der Waals surface area contributed by atoms with E-state index in [1.165, 1.54) is 6.07 Å². The summed E-state index contributed by atoms with van der Waals surface area (Å²) in [5, 5.41) is 1.65. The molecule has 1 aliphatic rings. The number of carbonyl (C=O) groups excluding carboxylic acids is 2. The average molecular weight is 395 g/mol. The molecule has 0 saturated heterocycles. The maximum Gasteiger partial charge on any atom is 0.307 e. The topological polar surface area (TPSA) is 98.8 Å². The SMILES string of the molecule is O=C(CCNS(=O)(=O)c1cccs1)OCC(=O)c1ccc2c(c1)CCO2. The third-order valence-corrected chi connectivity index (χ3v) is 6.62. The van der Waals surface area contributed by atoms with Gasteiger partial charge in [0.25, 0.3) is 0 Å². The maximum absolute atomic E-state index is 12.1. The lowest BCUT2D eigenvalue weighted by Crippen LogP contribution is -2.26. The van der Waals surface area contributed by atoms with Crippen molar-refractivity contribution in [3.8, 4) is 5.75 Å². The molecule has 1 aliphatic heterocycles. The van der Waals surface area contributed by atoms with Gasteiger partial charge in [-0.1, -0.05) is 6.07 Å². The second kappa shape index (κ2) is 7.98. The van der Waals surface area contributed by atoms with Crippen LogP contribution in [0.3, 0.4) is 0 Å². The van der Waals surface area contributed by atoms with Crippen LogP contribution in [0.2, 0.25) is 0 Å². The zero-order valence-corrected chi connectivity index (χ0v) is 15.4. The molecule has 2 heterocycles. The second-order valence-electron chi connectivity index (χ2n) is 5.58. The fourth-order valence-corrected chi connectivity index (χ4v) is 4.51. The van der Waals surface area contributed by atoms with Gasteiger partial charge in [0, 0.05) is 18.5 Å². The third-order valence-electron chi connectivity index (χ3n) is 3.76. The molecule has 0 saturated carbocycles. The molecule has 0 spiro atoms. The first-order chi connectivity index (χ1) is 12.5. The average Bonchev–Trinajstić information content (AvgIpc) is 3.30. The molecule has 26 heavy (non-hydrogen) atoms. The molecule has 3 rings (SSSR count). The molecule has 9 heteroatoms. The molecule has 7 nitrogen and oxygen atoms in total. The van der Waals surface area contributed by atoms with Gasteiger partial charge in [0.15, 0.2) is 12.4 Å². The first-order valence-corrected chi connectivity index (χ1v) is 10.3. The number of carbonyl (C=O) groups is 2.